The molecule has 1 aromatic carbocycles. The van der Waals surface area contributed by atoms with E-state index in [1.54, 1.807) is 4.90 Å². The van der Waals surface area contributed by atoms with Crippen LogP contribution in [0.25, 0.3) is 0 Å². The van der Waals surface area contributed by atoms with Gasteiger partial charge in [-0.15, -0.1) is 11.3 Å². The molecule has 106 valence electrons. The lowest BCUT2D eigenvalue weighted by Gasteiger charge is -2.33. The molecule has 0 radical (unpaired) electrons. The van der Waals surface area contributed by atoms with E-state index in [1.165, 1.54) is 27.4 Å². The van der Waals surface area contributed by atoms with Gasteiger partial charge in [-0.3, -0.25) is 0 Å². The second-order valence-corrected chi connectivity index (χ2v) is 8.08. The van der Waals surface area contributed by atoms with Crippen molar-refractivity contribution in [3.8, 4) is 0 Å². The first-order chi connectivity index (χ1) is 9.70. The normalized spacial score (nSPS) is 16.6. The molecule has 1 fully saturated rings. The van der Waals surface area contributed by atoms with Crippen molar-refractivity contribution in [2.75, 3.05) is 31.1 Å². The maximum atomic E-state index is 6.07. The molecule has 0 spiro atoms. The van der Waals surface area contributed by atoms with Crippen molar-refractivity contribution in [3.05, 3.63) is 50.1 Å². The Balaban J connectivity index is 1.57. The van der Waals surface area contributed by atoms with E-state index in [4.69, 9.17) is 11.6 Å². The third-order valence-electron chi connectivity index (χ3n) is 3.70. The molecule has 0 saturated carbocycles. The number of nitrogens with one attached hydrogen (secondary N) is 1. The minimum Gasteiger partial charge on any atom is -0.360 e. The molecule has 0 amide bonds. The van der Waals surface area contributed by atoms with E-state index >= 15 is 0 Å². The maximum absolute atomic E-state index is 6.07. The molecule has 2 heterocycles. The fraction of sp³-hybridized carbons (Fsp3) is 0.333. The largest absolute Gasteiger partial charge is 0.360 e. The van der Waals surface area contributed by atoms with Crippen molar-refractivity contribution in [2.24, 2.45) is 0 Å². The van der Waals surface area contributed by atoms with Crippen LogP contribution in [0.5, 0.6) is 0 Å². The molecule has 0 atom stereocenters. The summed E-state index contributed by atoms with van der Waals surface area (Å²) in [4.78, 5) is 5.56. The van der Waals surface area contributed by atoms with Gasteiger partial charge in [0.2, 0.25) is 0 Å². The molecule has 1 aliphatic rings. The Morgan fingerprint density at radius 3 is 2.65 bits per heavy atom. The highest BCUT2D eigenvalue weighted by atomic mass is 79.9. The van der Waals surface area contributed by atoms with Crippen LogP contribution in [0.15, 0.2) is 40.2 Å². The van der Waals surface area contributed by atoms with Gasteiger partial charge in [-0.05, 0) is 46.3 Å². The summed E-state index contributed by atoms with van der Waals surface area (Å²) in [7, 11) is 0. The SMILES string of the molecule is Clc1cccc(N2CC[NH+](Cc3ccc(Br)s3)CC2)c1. The van der Waals surface area contributed by atoms with Crippen LogP contribution < -0.4 is 9.80 Å². The fourth-order valence-electron chi connectivity index (χ4n) is 2.62. The quantitative estimate of drug-likeness (QED) is 0.870. The highest BCUT2D eigenvalue weighted by Gasteiger charge is 2.20. The molecule has 20 heavy (non-hydrogen) atoms. The molecule has 1 aromatic heterocycles. The Bertz CT molecular complexity index is 579. The molecule has 2 nitrogen and oxygen atoms in total. The number of rotatable bonds is 3. The van der Waals surface area contributed by atoms with Crippen molar-refractivity contribution in [1.29, 1.82) is 0 Å². The molecule has 2 aromatic rings. The van der Waals surface area contributed by atoms with Crippen LogP contribution in [0.2, 0.25) is 5.02 Å². The Kier molecular flexibility index (Phi) is 4.66. The first kappa shape index (κ1) is 14.4. The van der Waals surface area contributed by atoms with Crippen LogP contribution in [-0.2, 0) is 6.54 Å². The summed E-state index contributed by atoms with van der Waals surface area (Å²) in [5.41, 5.74) is 1.25. The Morgan fingerprint density at radius 1 is 1.20 bits per heavy atom. The summed E-state index contributed by atoms with van der Waals surface area (Å²) in [5, 5.41) is 0.820. The van der Waals surface area contributed by atoms with Gasteiger partial charge in [-0.2, -0.15) is 0 Å². The van der Waals surface area contributed by atoms with E-state index in [-0.39, 0.29) is 0 Å². The fourth-order valence-corrected chi connectivity index (χ4v) is 4.36. The van der Waals surface area contributed by atoms with E-state index in [0.29, 0.717) is 0 Å². The van der Waals surface area contributed by atoms with Crippen LogP contribution in [0.3, 0.4) is 0 Å². The number of benzene rings is 1. The summed E-state index contributed by atoms with van der Waals surface area (Å²) in [6, 6.07) is 12.5. The first-order valence-corrected chi connectivity index (χ1v) is 8.78. The predicted octanol–water partition coefficient (Wildman–Crippen LogP) is 3.07. The van der Waals surface area contributed by atoms with Crippen molar-refractivity contribution in [3.63, 3.8) is 0 Å². The van der Waals surface area contributed by atoms with Gasteiger partial charge in [0.1, 0.15) is 6.54 Å². The minimum atomic E-state index is 0.820. The zero-order valence-electron chi connectivity index (χ0n) is 11.1. The third kappa shape index (κ3) is 3.55. The number of piperazine rings is 1. The van der Waals surface area contributed by atoms with E-state index in [9.17, 15) is 0 Å². The molecule has 1 saturated heterocycles. The van der Waals surface area contributed by atoms with Crippen LogP contribution in [0.1, 0.15) is 4.88 Å². The molecule has 0 unspecified atom stereocenters. The summed E-state index contributed by atoms with van der Waals surface area (Å²) in [6.45, 7) is 5.70. The van der Waals surface area contributed by atoms with Gasteiger partial charge in [-0.1, -0.05) is 17.7 Å². The van der Waals surface area contributed by atoms with Crippen LogP contribution in [0.4, 0.5) is 5.69 Å². The molecule has 1 aliphatic heterocycles. The third-order valence-corrected chi connectivity index (χ3v) is 5.56. The second-order valence-electron chi connectivity index (χ2n) is 5.10. The lowest BCUT2D eigenvalue weighted by molar-refractivity contribution is -0.914. The Labute approximate surface area is 137 Å². The predicted molar refractivity (Wildman–Crippen MR) is 90.1 cm³/mol. The molecule has 0 bridgehead atoms. The number of quaternary nitrogens is 1. The molecule has 3 rings (SSSR count). The van der Waals surface area contributed by atoms with Crippen molar-refractivity contribution >= 4 is 44.6 Å². The minimum absolute atomic E-state index is 0.820. The van der Waals surface area contributed by atoms with E-state index < -0.39 is 0 Å². The van der Waals surface area contributed by atoms with Gasteiger partial charge in [0.05, 0.1) is 34.8 Å². The molecule has 1 N–H and O–H groups in total. The van der Waals surface area contributed by atoms with E-state index in [0.717, 1.165) is 24.7 Å². The first-order valence-electron chi connectivity index (χ1n) is 6.79. The highest BCUT2D eigenvalue weighted by molar-refractivity contribution is 9.11. The van der Waals surface area contributed by atoms with Gasteiger partial charge in [-0.25, -0.2) is 0 Å². The average Bonchev–Trinajstić information content (AvgIpc) is 2.85. The number of nitrogens with zero attached hydrogens (tertiary/aromatic N) is 1. The highest BCUT2D eigenvalue weighted by Crippen LogP contribution is 2.22. The van der Waals surface area contributed by atoms with E-state index in [2.05, 4.69) is 45.1 Å². The average molecular weight is 373 g/mol. The number of halogens is 2. The maximum Gasteiger partial charge on any atom is 0.112 e. The standard InChI is InChI=1S/C15H16BrClN2S/c16-15-5-4-14(20-15)11-18-6-8-19(9-7-18)13-3-1-2-12(17)10-13/h1-5,10H,6-9,11H2/p+1. The van der Waals surface area contributed by atoms with Gasteiger partial charge in [0, 0.05) is 10.7 Å². The zero-order chi connectivity index (χ0) is 13.9. The smallest absolute Gasteiger partial charge is 0.112 e. The number of hydrogen-bond acceptors (Lipinski definition) is 2. The van der Waals surface area contributed by atoms with Gasteiger partial charge < -0.3 is 9.80 Å². The number of hydrogen-bond donors (Lipinski definition) is 1. The lowest BCUT2D eigenvalue weighted by atomic mass is 10.2. The number of anilines is 1. The zero-order valence-corrected chi connectivity index (χ0v) is 14.3. The Hall–Kier alpha value is -0.550. The van der Waals surface area contributed by atoms with Gasteiger partial charge in [0.15, 0.2) is 0 Å². The van der Waals surface area contributed by atoms with E-state index in [1.807, 2.05) is 23.5 Å². The summed E-state index contributed by atoms with van der Waals surface area (Å²) < 4.78 is 1.23. The second kappa shape index (κ2) is 6.48. The van der Waals surface area contributed by atoms with Crippen molar-refractivity contribution in [2.45, 2.75) is 6.54 Å². The van der Waals surface area contributed by atoms with Gasteiger partial charge in [0.25, 0.3) is 0 Å². The van der Waals surface area contributed by atoms with Crippen molar-refractivity contribution < 1.29 is 4.90 Å². The summed E-state index contributed by atoms with van der Waals surface area (Å²) in [5.74, 6) is 0. The molecular formula is C15H17BrClN2S+. The van der Waals surface area contributed by atoms with Crippen LogP contribution in [0, 0.1) is 0 Å². The topological polar surface area (TPSA) is 7.68 Å². The lowest BCUT2D eigenvalue weighted by Crippen LogP contribution is -3.13. The number of thiophene rings is 1. The monoisotopic (exact) mass is 371 g/mol. The van der Waals surface area contributed by atoms with Gasteiger partial charge >= 0.3 is 0 Å². The van der Waals surface area contributed by atoms with Crippen molar-refractivity contribution in [1.82, 2.24) is 0 Å². The Morgan fingerprint density at radius 2 is 2.00 bits per heavy atom. The molecular weight excluding hydrogens is 356 g/mol. The summed E-state index contributed by atoms with van der Waals surface area (Å²) >= 11 is 11.4. The molecule has 5 heteroatoms. The summed E-state index contributed by atoms with van der Waals surface area (Å²) in [6.07, 6.45) is 0. The van der Waals surface area contributed by atoms with Crippen LogP contribution >= 0.6 is 38.9 Å². The molecule has 0 aliphatic carbocycles. The van der Waals surface area contributed by atoms with Crippen LogP contribution in [-0.4, -0.2) is 26.2 Å².